The van der Waals surface area contributed by atoms with Crippen LogP contribution in [0.2, 0.25) is 0 Å². The summed E-state index contributed by atoms with van der Waals surface area (Å²) in [5.74, 6) is 0.738. The Kier molecular flexibility index (Phi) is 7.46. The summed E-state index contributed by atoms with van der Waals surface area (Å²) in [4.78, 5) is 34.2. The molecular weight excluding hydrogens is 458 g/mol. The molecule has 1 amide bonds. The zero-order valence-electron chi connectivity index (χ0n) is 20.2. The molecule has 1 heterocycles. The first kappa shape index (κ1) is 24.4. The maximum absolute atomic E-state index is 12.7. The third-order valence-corrected chi connectivity index (χ3v) is 6.71. The fourth-order valence-electron chi connectivity index (χ4n) is 3.68. The van der Waals surface area contributed by atoms with E-state index < -0.39 is 0 Å². The topological polar surface area (TPSA) is 80.1 Å². The van der Waals surface area contributed by atoms with Gasteiger partial charge in [-0.15, -0.1) is 11.8 Å². The minimum atomic E-state index is -0.164. The van der Waals surface area contributed by atoms with Crippen LogP contribution < -0.4 is 10.1 Å². The van der Waals surface area contributed by atoms with Crippen molar-refractivity contribution in [3.05, 3.63) is 82.9 Å². The molecule has 178 valence electrons. The van der Waals surface area contributed by atoms with Crippen LogP contribution in [0.4, 0.5) is 17.1 Å². The number of amides is 1. The van der Waals surface area contributed by atoms with Gasteiger partial charge in [-0.2, -0.15) is 0 Å². The molecule has 1 aliphatic heterocycles. The fourth-order valence-corrected chi connectivity index (χ4v) is 4.45. The van der Waals surface area contributed by atoms with E-state index in [9.17, 15) is 9.59 Å². The second-order valence-corrected chi connectivity index (χ2v) is 9.42. The van der Waals surface area contributed by atoms with Crippen LogP contribution in [0.1, 0.15) is 40.4 Å². The highest BCUT2D eigenvalue weighted by atomic mass is 32.2. The molecule has 0 radical (unpaired) electrons. The summed E-state index contributed by atoms with van der Waals surface area (Å²) in [7, 11) is 1.64. The Morgan fingerprint density at radius 1 is 0.971 bits per heavy atom. The molecule has 0 bridgehead atoms. The van der Waals surface area contributed by atoms with E-state index >= 15 is 0 Å². The van der Waals surface area contributed by atoms with Gasteiger partial charge in [0.15, 0.2) is 5.78 Å². The highest BCUT2D eigenvalue weighted by Crippen LogP contribution is 2.36. The summed E-state index contributed by atoms with van der Waals surface area (Å²) >= 11 is 1.39. The zero-order valence-corrected chi connectivity index (χ0v) is 21.0. The van der Waals surface area contributed by atoms with E-state index in [1.807, 2.05) is 30.3 Å². The molecule has 4 rings (SSSR count). The molecule has 0 aliphatic carbocycles. The third kappa shape index (κ3) is 6.05. The number of anilines is 1. The highest BCUT2D eigenvalue weighted by molar-refractivity contribution is 8.14. The molecule has 7 heteroatoms. The van der Waals surface area contributed by atoms with Crippen LogP contribution >= 0.6 is 11.8 Å². The number of fused-ring (bicyclic) bond motifs is 1. The third-order valence-electron chi connectivity index (χ3n) is 5.74. The number of aryl methyl sites for hydroxylation is 2. The van der Waals surface area contributed by atoms with Crippen molar-refractivity contribution in [1.82, 2.24) is 0 Å². The van der Waals surface area contributed by atoms with Gasteiger partial charge in [-0.05, 0) is 68.3 Å². The SMILES string of the molecule is COc1cccc(C2=Nc3cc(C)c(C)cc3N=C(SCC(=O)Nc3cccc(C(C)=O)c3)C2)c1. The van der Waals surface area contributed by atoms with Gasteiger partial charge in [-0.1, -0.05) is 24.3 Å². The van der Waals surface area contributed by atoms with E-state index in [2.05, 4.69) is 25.2 Å². The first-order valence-corrected chi connectivity index (χ1v) is 12.3. The first-order valence-electron chi connectivity index (χ1n) is 11.3. The molecule has 0 aromatic heterocycles. The number of thioether (sulfide) groups is 1. The number of nitrogens with one attached hydrogen (secondary N) is 1. The second-order valence-electron chi connectivity index (χ2n) is 8.37. The summed E-state index contributed by atoms with van der Waals surface area (Å²) in [6.45, 7) is 5.62. The van der Waals surface area contributed by atoms with Gasteiger partial charge in [-0.25, -0.2) is 4.99 Å². The number of carbonyl (C=O) groups excluding carboxylic acids is 2. The molecule has 6 nitrogen and oxygen atoms in total. The number of hydrogen-bond acceptors (Lipinski definition) is 6. The van der Waals surface area contributed by atoms with Crippen molar-refractivity contribution in [3.63, 3.8) is 0 Å². The van der Waals surface area contributed by atoms with Crippen molar-refractivity contribution in [2.24, 2.45) is 9.98 Å². The number of carbonyl (C=O) groups is 2. The van der Waals surface area contributed by atoms with E-state index in [1.54, 1.807) is 31.4 Å². The van der Waals surface area contributed by atoms with Gasteiger partial charge in [0, 0.05) is 23.2 Å². The number of rotatable bonds is 6. The lowest BCUT2D eigenvalue weighted by molar-refractivity contribution is -0.113. The van der Waals surface area contributed by atoms with Gasteiger partial charge >= 0.3 is 0 Å². The second kappa shape index (κ2) is 10.7. The Hall–Kier alpha value is -3.71. The molecule has 0 atom stereocenters. The van der Waals surface area contributed by atoms with E-state index in [4.69, 9.17) is 14.7 Å². The van der Waals surface area contributed by atoms with Crippen LogP contribution in [-0.4, -0.2) is 35.3 Å². The molecule has 3 aromatic rings. The summed E-state index contributed by atoms with van der Waals surface area (Å²) in [6, 6.07) is 18.8. The van der Waals surface area contributed by atoms with Crippen molar-refractivity contribution < 1.29 is 14.3 Å². The van der Waals surface area contributed by atoms with Crippen molar-refractivity contribution in [3.8, 4) is 5.75 Å². The van der Waals surface area contributed by atoms with Crippen molar-refractivity contribution in [2.45, 2.75) is 27.2 Å². The summed E-state index contributed by atoms with van der Waals surface area (Å²) in [5.41, 5.74) is 6.87. The minimum absolute atomic E-state index is 0.0446. The monoisotopic (exact) mass is 485 g/mol. The average Bonchev–Trinajstić information content (AvgIpc) is 3.02. The minimum Gasteiger partial charge on any atom is -0.497 e. The maximum atomic E-state index is 12.7. The Morgan fingerprint density at radius 2 is 1.69 bits per heavy atom. The van der Waals surface area contributed by atoms with Crippen LogP contribution in [0.25, 0.3) is 0 Å². The molecule has 0 fully saturated rings. The molecule has 1 aliphatic rings. The first-order chi connectivity index (χ1) is 16.8. The van der Waals surface area contributed by atoms with Gasteiger partial charge in [0.25, 0.3) is 0 Å². The van der Waals surface area contributed by atoms with Gasteiger partial charge in [0.1, 0.15) is 5.75 Å². The summed E-state index contributed by atoms with van der Waals surface area (Å²) in [5, 5.41) is 3.68. The average molecular weight is 486 g/mol. The normalized spacial score (nSPS) is 12.7. The maximum Gasteiger partial charge on any atom is 0.234 e. The van der Waals surface area contributed by atoms with Gasteiger partial charge < -0.3 is 10.1 Å². The standard InChI is InChI=1S/C28H27N3O3S/c1-17-11-25-26(12-18(17)2)31-28(15-24(30-25)21-8-6-10-23(14-21)34-4)35-16-27(33)29-22-9-5-7-20(13-22)19(3)32/h5-14H,15-16H2,1-4H3,(H,29,33). The molecule has 0 saturated carbocycles. The van der Waals surface area contributed by atoms with E-state index in [1.165, 1.54) is 18.7 Å². The number of hydrogen-bond donors (Lipinski definition) is 1. The summed E-state index contributed by atoms with van der Waals surface area (Å²) < 4.78 is 5.40. The lowest BCUT2D eigenvalue weighted by atomic mass is 10.1. The van der Waals surface area contributed by atoms with Crippen LogP contribution in [0.15, 0.2) is 70.6 Å². The number of benzene rings is 3. The van der Waals surface area contributed by atoms with E-state index in [0.717, 1.165) is 44.6 Å². The van der Waals surface area contributed by atoms with Crippen LogP contribution in [-0.2, 0) is 4.79 Å². The van der Waals surface area contributed by atoms with Crippen molar-refractivity contribution in [2.75, 3.05) is 18.2 Å². The number of ketones is 1. The van der Waals surface area contributed by atoms with Gasteiger partial charge in [0.2, 0.25) is 5.91 Å². The Labute approximate surface area is 209 Å². The molecule has 1 N–H and O–H groups in total. The predicted octanol–water partition coefficient (Wildman–Crippen LogP) is 6.44. The molecule has 0 spiro atoms. The predicted molar refractivity (Wildman–Crippen MR) is 144 cm³/mol. The highest BCUT2D eigenvalue weighted by Gasteiger charge is 2.18. The van der Waals surface area contributed by atoms with Gasteiger partial charge in [-0.3, -0.25) is 14.6 Å². The van der Waals surface area contributed by atoms with Crippen LogP contribution in [0.3, 0.4) is 0 Å². The Bertz CT molecular complexity index is 1360. The molecule has 3 aromatic carbocycles. The zero-order chi connectivity index (χ0) is 24.9. The van der Waals surface area contributed by atoms with E-state index in [-0.39, 0.29) is 17.4 Å². The lowest BCUT2D eigenvalue weighted by Crippen LogP contribution is -2.16. The number of aliphatic imine (C=N–C) groups is 2. The molecule has 0 unspecified atom stereocenters. The van der Waals surface area contributed by atoms with Crippen LogP contribution in [0.5, 0.6) is 5.75 Å². The summed E-state index contributed by atoms with van der Waals surface area (Å²) in [6.07, 6.45) is 0.498. The van der Waals surface area contributed by atoms with Crippen LogP contribution in [0, 0.1) is 13.8 Å². The number of Topliss-reactive ketones (excluding diaryl/α,β-unsaturated/α-hetero) is 1. The smallest absolute Gasteiger partial charge is 0.234 e. The number of methoxy groups -OCH3 is 1. The van der Waals surface area contributed by atoms with Crippen molar-refractivity contribution in [1.29, 1.82) is 0 Å². The largest absolute Gasteiger partial charge is 0.497 e. The molecular formula is C28H27N3O3S. The van der Waals surface area contributed by atoms with Crippen molar-refractivity contribution >= 4 is 51.3 Å². The lowest BCUT2D eigenvalue weighted by Gasteiger charge is -2.09. The number of nitrogens with zero attached hydrogens (tertiary/aromatic N) is 2. The Balaban J connectivity index is 1.57. The van der Waals surface area contributed by atoms with E-state index in [0.29, 0.717) is 17.7 Å². The number of ether oxygens (including phenoxy) is 1. The molecule has 35 heavy (non-hydrogen) atoms. The quantitative estimate of drug-likeness (QED) is 0.407. The molecule has 0 saturated heterocycles. The Morgan fingerprint density at radius 3 is 2.40 bits per heavy atom. The van der Waals surface area contributed by atoms with Gasteiger partial charge in [0.05, 0.1) is 35.0 Å². The fraction of sp³-hybridized carbons (Fsp3) is 0.214.